The molecule has 4 heterocycles. The summed E-state index contributed by atoms with van der Waals surface area (Å²) in [6.45, 7) is 10.2. The van der Waals surface area contributed by atoms with Crippen molar-refractivity contribution in [2.45, 2.75) is 63.3 Å². The van der Waals surface area contributed by atoms with Crippen LogP contribution in [0.2, 0.25) is 25.7 Å². The lowest BCUT2D eigenvalue weighted by Crippen LogP contribution is -2.59. The number of nitrogens with zero attached hydrogens (tertiary/aromatic N) is 6. The Bertz CT molecular complexity index is 1650. The summed E-state index contributed by atoms with van der Waals surface area (Å²) in [6, 6.07) is 6.02. The average Bonchev–Trinajstić information content (AvgIpc) is 3.70. The molecule has 2 saturated heterocycles. The summed E-state index contributed by atoms with van der Waals surface area (Å²) in [4.78, 5) is 11.0. The number of halogens is 1. The van der Waals surface area contributed by atoms with Gasteiger partial charge in [-0.05, 0) is 74.1 Å². The highest BCUT2D eigenvalue weighted by atomic mass is 32.2. The first kappa shape index (κ1) is 31.1. The zero-order valence-electron chi connectivity index (χ0n) is 26.2. The molecule has 6 rings (SSSR count). The molecule has 3 aliphatic rings. The van der Waals surface area contributed by atoms with Crippen LogP contribution in [0.4, 0.5) is 16.0 Å². The predicted octanol–water partition coefficient (Wildman–Crippen LogP) is 4.36. The van der Waals surface area contributed by atoms with E-state index in [9.17, 15) is 8.42 Å². The molecule has 2 aromatic heterocycles. The zero-order chi connectivity index (χ0) is 31.3. The standard InChI is InChI=1S/C30H42FN7O4SSi/c1-36-12-10-30(17-36)18-37(19-30)43(39,40)29-34-28(38(35-29)20-42-13-14-44(3,4)5)33-27-23-8-6-7-22(23)25(31)16-24(27)21-9-11-32-26(15-21)41-2/h9,11,15-16H,6-8,10,12-14,17-20H2,1-5H3,(H,33,34,35). The number of fused-ring (bicyclic) bond motifs is 1. The van der Waals surface area contributed by atoms with Crippen LogP contribution in [0.1, 0.15) is 24.0 Å². The van der Waals surface area contributed by atoms with Crippen molar-refractivity contribution < 1.29 is 22.3 Å². The van der Waals surface area contributed by atoms with E-state index >= 15 is 4.39 Å². The normalized spacial score (nSPS) is 18.5. The molecule has 2 aliphatic heterocycles. The van der Waals surface area contributed by atoms with Crippen LogP contribution < -0.4 is 10.1 Å². The number of hydrogen-bond donors (Lipinski definition) is 1. The molecule has 1 aliphatic carbocycles. The number of pyridine rings is 1. The van der Waals surface area contributed by atoms with Crippen molar-refractivity contribution in [3.8, 4) is 17.0 Å². The quantitative estimate of drug-likeness (QED) is 0.241. The van der Waals surface area contributed by atoms with Crippen LogP contribution in [-0.2, 0) is 34.3 Å². The van der Waals surface area contributed by atoms with Crippen molar-refractivity contribution in [2.75, 3.05) is 52.3 Å². The van der Waals surface area contributed by atoms with Crippen molar-refractivity contribution in [1.82, 2.24) is 29.0 Å². The number of anilines is 2. The molecule has 14 heteroatoms. The highest BCUT2D eigenvalue weighted by Crippen LogP contribution is 2.43. The molecule has 0 bridgehead atoms. The van der Waals surface area contributed by atoms with E-state index in [1.165, 1.54) is 22.2 Å². The van der Waals surface area contributed by atoms with Crippen molar-refractivity contribution in [1.29, 1.82) is 0 Å². The molecular weight excluding hydrogens is 602 g/mol. The van der Waals surface area contributed by atoms with E-state index in [0.717, 1.165) is 37.5 Å². The SMILES string of the molecule is COc1cc(-c2cc(F)c3c(c2Nc2nc(S(=O)(=O)N4CC5(CCN(C)C5)C4)nn2COCC[Si](C)(C)C)CCC3)ccn1. The molecule has 0 unspecified atom stereocenters. The molecule has 1 aromatic carbocycles. The van der Waals surface area contributed by atoms with Gasteiger partial charge in [0.1, 0.15) is 12.5 Å². The molecule has 0 atom stereocenters. The number of nitrogens with one attached hydrogen (secondary N) is 1. The van der Waals surface area contributed by atoms with Gasteiger partial charge in [0.15, 0.2) is 0 Å². The first-order valence-electron chi connectivity index (χ1n) is 15.2. The van der Waals surface area contributed by atoms with Crippen LogP contribution in [0.3, 0.4) is 0 Å². The zero-order valence-corrected chi connectivity index (χ0v) is 28.0. The Morgan fingerprint density at radius 3 is 2.61 bits per heavy atom. The highest BCUT2D eigenvalue weighted by molar-refractivity contribution is 7.89. The maximum atomic E-state index is 15.4. The first-order chi connectivity index (χ1) is 20.9. The topological polar surface area (TPSA) is 115 Å². The van der Waals surface area contributed by atoms with Gasteiger partial charge in [-0.2, -0.15) is 9.29 Å². The molecule has 0 radical (unpaired) electrons. The van der Waals surface area contributed by atoms with Crippen LogP contribution in [0.25, 0.3) is 11.1 Å². The number of methoxy groups -OCH3 is 1. The molecule has 0 saturated carbocycles. The van der Waals surface area contributed by atoms with Gasteiger partial charge < -0.3 is 19.7 Å². The van der Waals surface area contributed by atoms with Crippen molar-refractivity contribution >= 4 is 29.7 Å². The fraction of sp³-hybridized carbons (Fsp3) is 0.567. The summed E-state index contributed by atoms with van der Waals surface area (Å²) in [5, 5.41) is 7.59. The molecule has 44 heavy (non-hydrogen) atoms. The van der Waals surface area contributed by atoms with Gasteiger partial charge in [-0.3, -0.25) is 0 Å². The van der Waals surface area contributed by atoms with Gasteiger partial charge in [0, 0.05) is 57.6 Å². The lowest BCUT2D eigenvalue weighted by molar-refractivity contribution is 0.0768. The van der Waals surface area contributed by atoms with E-state index in [2.05, 4.69) is 52.0 Å². The Labute approximate surface area is 259 Å². The highest BCUT2D eigenvalue weighted by Gasteiger charge is 2.52. The Kier molecular flexibility index (Phi) is 8.33. The van der Waals surface area contributed by atoms with Gasteiger partial charge >= 0.3 is 0 Å². The lowest BCUT2D eigenvalue weighted by atomic mass is 9.81. The lowest BCUT2D eigenvalue weighted by Gasteiger charge is -2.46. The molecular formula is C30H42FN7O4SSi. The number of aromatic nitrogens is 4. The average molecular weight is 644 g/mol. The maximum Gasteiger partial charge on any atom is 0.284 e. The fourth-order valence-electron chi connectivity index (χ4n) is 6.45. The van der Waals surface area contributed by atoms with E-state index < -0.39 is 18.1 Å². The van der Waals surface area contributed by atoms with Crippen molar-refractivity contribution in [2.24, 2.45) is 5.41 Å². The monoisotopic (exact) mass is 643 g/mol. The van der Waals surface area contributed by atoms with Gasteiger partial charge in [0.25, 0.3) is 15.2 Å². The summed E-state index contributed by atoms with van der Waals surface area (Å²) in [7, 11) is -1.66. The van der Waals surface area contributed by atoms with Crippen molar-refractivity contribution in [3.63, 3.8) is 0 Å². The Morgan fingerprint density at radius 1 is 1.14 bits per heavy atom. The van der Waals surface area contributed by atoms with E-state index in [-0.39, 0.29) is 29.1 Å². The summed E-state index contributed by atoms with van der Waals surface area (Å²) in [6.07, 6.45) is 4.73. The maximum absolute atomic E-state index is 15.4. The first-order valence-corrected chi connectivity index (χ1v) is 20.4. The predicted molar refractivity (Wildman–Crippen MR) is 169 cm³/mol. The fourth-order valence-corrected chi connectivity index (χ4v) is 8.73. The number of benzene rings is 1. The summed E-state index contributed by atoms with van der Waals surface area (Å²) < 4.78 is 57.1. The molecule has 238 valence electrons. The van der Waals surface area contributed by atoms with E-state index in [4.69, 9.17) is 9.47 Å². The second-order valence-corrected chi connectivity index (χ2v) is 21.1. The molecule has 1 spiro atoms. The van der Waals surface area contributed by atoms with E-state index in [1.54, 1.807) is 18.3 Å². The summed E-state index contributed by atoms with van der Waals surface area (Å²) >= 11 is 0. The summed E-state index contributed by atoms with van der Waals surface area (Å²) in [5.74, 6) is 0.371. The minimum absolute atomic E-state index is 0.000582. The minimum Gasteiger partial charge on any atom is -0.481 e. The second kappa shape index (κ2) is 11.8. The van der Waals surface area contributed by atoms with Gasteiger partial charge in [-0.15, -0.1) is 5.10 Å². The summed E-state index contributed by atoms with van der Waals surface area (Å²) in [5.41, 5.74) is 3.51. The number of rotatable bonds is 11. The van der Waals surface area contributed by atoms with Gasteiger partial charge in [-0.25, -0.2) is 22.5 Å². The van der Waals surface area contributed by atoms with E-state index in [0.29, 0.717) is 60.8 Å². The van der Waals surface area contributed by atoms with Crippen LogP contribution in [0.15, 0.2) is 29.6 Å². The largest absolute Gasteiger partial charge is 0.481 e. The smallest absolute Gasteiger partial charge is 0.284 e. The van der Waals surface area contributed by atoms with E-state index in [1.807, 2.05) is 0 Å². The van der Waals surface area contributed by atoms with Crippen LogP contribution in [-0.4, -0.2) is 92.4 Å². The molecule has 1 N–H and O–H groups in total. The van der Waals surface area contributed by atoms with Gasteiger partial charge in [-0.1, -0.05) is 19.6 Å². The number of ether oxygens (including phenoxy) is 2. The number of sulfonamides is 1. The number of hydrogen-bond acceptors (Lipinski definition) is 9. The molecule has 3 aromatic rings. The third kappa shape index (κ3) is 6.14. The second-order valence-electron chi connectivity index (χ2n) is 13.6. The third-order valence-corrected chi connectivity index (χ3v) is 12.2. The molecule has 0 amide bonds. The molecule has 11 nitrogen and oxygen atoms in total. The van der Waals surface area contributed by atoms with Crippen LogP contribution in [0.5, 0.6) is 5.88 Å². The van der Waals surface area contributed by atoms with Gasteiger partial charge in [0.05, 0.1) is 12.8 Å². The van der Waals surface area contributed by atoms with Crippen LogP contribution in [0, 0.1) is 11.2 Å². The third-order valence-electron chi connectivity index (χ3n) is 8.93. The molecule has 2 fully saturated rings. The Balaban J connectivity index is 1.36. The van der Waals surface area contributed by atoms with Gasteiger partial charge in [0.2, 0.25) is 11.8 Å². The number of likely N-dealkylation sites (tertiary alicyclic amines) is 1. The van der Waals surface area contributed by atoms with Crippen LogP contribution >= 0.6 is 0 Å². The Hall–Kier alpha value is -2.91. The van der Waals surface area contributed by atoms with Crippen molar-refractivity contribution in [3.05, 3.63) is 41.3 Å². The minimum atomic E-state index is -3.92. The Morgan fingerprint density at radius 2 is 1.91 bits per heavy atom.